The van der Waals surface area contributed by atoms with E-state index in [4.69, 9.17) is 4.74 Å². The molecule has 0 aliphatic heterocycles. The fraction of sp³-hybridized carbons (Fsp3) is 0.650. The molecule has 0 saturated heterocycles. The van der Waals surface area contributed by atoms with Crippen molar-refractivity contribution in [2.75, 3.05) is 0 Å². The van der Waals surface area contributed by atoms with Gasteiger partial charge in [-0.3, -0.25) is 4.79 Å². The van der Waals surface area contributed by atoms with Gasteiger partial charge in [0, 0.05) is 0 Å². The molecule has 0 bridgehead atoms. The molecule has 0 aliphatic carbocycles. The summed E-state index contributed by atoms with van der Waals surface area (Å²) >= 11 is 0. The van der Waals surface area contributed by atoms with Crippen molar-refractivity contribution in [2.24, 2.45) is 16.7 Å². The van der Waals surface area contributed by atoms with Crippen molar-refractivity contribution in [1.82, 2.24) is 0 Å². The van der Waals surface area contributed by atoms with Crippen molar-refractivity contribution in [3.8, 4) is 5.75 Å². The van der Waals surface area contributed by atoms with Crippen LogP contribution in [0.3, 0.4) is 0 Å². The lowest BCUT2D eigenvalue weighted by molar-refractivity contribution is -0.149. The van der Waals surface area contributed by atoms with Crippen molar-refractivity contribution >= 4 is 5.97 Å². The van der Waals surface area contributed by atoms with Gasteiger partial charge in [0.2, 0.25) is 0 Å². The van der Waals surface area contributed by atoms with Crippen LogP contribution in [0.1, 0.15) is 64.7 Å². The zero-order valence-electron chi connectivity index (χ0n) is 15.8. The van der Waals surface area contributed by atoms with Crippen molar-refractivity contribution in [1.29, 1.82) is 0 Å². The fourth-order valence-corrected chi connectivity index (χ4v) is 2.89. The number of esters is 1. The summed E-state index contributed by atoms with van der Waals surface area (Å²) in [5, 5.41) is 0. The fourth-order valence-electron chi connectivity index (χ4n) is 2.89. The Bertz CT molecular complexity index is 526. The van der Waals surface area contributed by atoms with Gasteiger partial charge in [-0.2, -0.15) is 0 Å². The first-order valence-electron chi connectivity index (χ1n) is 8.17. The van der Waals surface area contributed by atoms with E-state index in [2.05, 4.69) is 55.4 Å². The van der Waals surface area contributed by atoms with Gasteiger partial charge in [0.25, 0.3) is 0 Å². The molecule has 0 saturated carbocycles. The summed E-state index contributed by atoms with van der Waals surface area (Å²) in [6.45, 7) is 18.9. The zero-order valence-corrected chi connectivity index (χ0v) is 15.8. The van der Waals surface area contributed by atoms with Crippen LogP contribution in [0.2, 0.25) is 0 Å². The van der Waals surface area contributed by atoms with Crippen molar-refractivity contribution in [3.63, 3.8) is 0 Å². The monoisotopic (exact) mass is 304 g/mol. The quantitative estimate of drug-likeness (QED) is 0.533. The van der Waals surface area contributed by atoms with E-state index < -0.39 is 5.41 Å². The molecular formula is C20H32O2. The minimum absolute atomic E-state index is 0.0805. The third kappa shape index (κ3) is 4.34. The number of benzene rings is 1. The Labute approximate surface area is 136 Å². The first-order valence-corrected chi connectivity index (χ1v) is 8.17. The maximum absolute atomic E-state index is 12.8. The molecular weight excluding hydrogens is 272 g/mol. The van der Waals surface area contributed by atoms with Crippen LogP contribution in [0.4, 0.5) is 0 Å². The lowest BCUT2D eigenvalue weighted by Crippen LogP contribution is -2.40. The second kappa shape index (κ2) is 6.44. The summed E-state index contributed by atoms with van der Waals surface area (Å²) in [5.74, 6) is 0.762. The van der Waals surface area contributed by atoms with E-state index in [9.17, 15) is 4.79 Å². The van der Waals surface area contributed by atoms with Crippen molar-refractivity contribution in [2.45, 2.75) is 68.7 Å². The molecule has 0 fully saturated rings. The van der Waals surface area contributed by atoms with E-state index >= 15 is 0 Å². The van der Waals surface area contributed by atoms with Crippen LogP contribution in [-0.4, -0.2) is 5.97 Å². The third-order valence-electron chi connectivity index (χ3n) is 4.75. The van der Waals surface area contributed by atoms with Crippen LogP contribution in [0.5, 0.6) is 5.75 Å². The predicted molar refractivity (Wildman–Crippen MR) is 93.3 cm³/mol. The minimum atomic E-state index is -0.481. The number of carbonyl (C=O) groups excluding carboxylic acids is 1. The number of hydrogen-bond acceptors (Lipinski definition) is 2. The normalized spacial score (nSPS) is 14.8. The van der Waals surface area contributed by atoms with Crippen LogP contribution in [0, 0.1) is 37.5 Å². The van der Waals surface area contributed by atoms with Crippen LogP contribution >= 0.6 is 0 Å². The van der Waals surface area contributed by atoms with Crippen molar-refractivity contribution in [3.05, 3.63) is 28.8 Å². The van der Waals surface area contributed by atoms with Gasteiger partial charge in [-0.1, -0.05) is 34.6 Å². The largest absolute Gasteiger partial charge is 0.426 e. The first-order chi connectivity index (χ1) is 9.86. The molecule has 0 N–H and O–H groups in total. The topological polar surface area (TPSA) is 26.3 Å². The molecule has 1 unspecified atom stereocenters. The molecule has 0 radical (unpaired) electrons. The highest BCUT2D eigenvalue weighted by Crippen LogP contribution is 2.40. The van der Waals surface area contributed by atoms with Crippen molar-refractivity contribution < 1.29 is 9.53 Å². The highest BCUT2D eigenvalue weighted by atomic mass is 16.5. The van der Waals surface area contributed by atoms with Gasteiger partial charge < -0.3 is 4.74 Å². The van der Waals surface area contributed by atoms with Crippen LogP contribution in [0.15, 0.2) is 12.1 Å². The van der Waals surface area contributed by atoms with Crippen LogP contribution < -0.4 is 4.74 Å². The summed E-state index contributed by atoms with van der Waals surface area (Å²) < 4.78 is 5.76. The molecule has 0 heterocycles. The van der Waals surface area contributed by atoms with Crippen LogP contribution in [0.25, 0.3) is 0 Å². The molecule has 0 aromatic heterocycles. The number of aryl methyl sites for hydroxylation is 2. The molecule has 1 rings (SSSR count). The van der Waals surface area contributed by atoms with Gasteiger partial charge in [-0.05, 0) is 74.3 Å². The summed E-state index contributed by atoms with van der Waals surface area (Å²) in [6, 6.07) is 3.91. The van der Waals surface area contributed by atoms with Crippen LogP contribution in [-0.2, 0) is 4.79 Å². The number of ether oxygens (including phenoxy) is 1. The molecule has 0 spiro atoms. The average Bonchev–Trinajstić information content (AvgIpc) is 2.33. The van der Waals surface area contributed by atoms with Gasteiger partial charge in [0.15, 0.2) is 0 Å². The molecule has 1 aromatic rings. The molecule has 0 aliphatic rings. The zero-order chi connectivity index (χ0) is 17.3. The third-order valence-corrected chi connectivity index (χ3v) is 4.75. The molecule has 0 amide bonds. The van der Waals surface area contributed by atoms with E-state index in [0.717, 1.165) is 17.5 Å². The highest BCUT2D eigenvalue weighted by molar-refractivity contribution is 5.79. The van der Waals surface area contributed by atoms with Gasteiger partial charge >= 0.3 is 5.97 Å². The molecule has 124 valence electrons. The number of carbonyl (C=O) groups is 1. The van der Waals surface area contributed by atoms with E-state index in [-0.39, 0.29) is 17.3 Å². The Balaban J connectivity index is 3.07. The smallest absolute Gasteiger partial charge is 0.317 e. The number of hydrogen-bond donors (Lipinski definition) is 0. The second-order valence-electron chi connectivity index (χ2n) is 8.38. The Morgan fingerprint density at radius 1 is 1.05 bits per heavy atom. The standard InChI is InChI=1S/C20H32O2/c1-13(2)20(9,12-19(6,7)8)18(21)22-17-10-14(3)16(5)15(4)11-17/h10-11,13H,12H2,1-9H3. The summed E-state index contributed by atoms with van der Waals surface area (Å²) in [5.41, 5.74) is 3.16. The minimum Gasteiger partial charge on any atom is -0.426 e. The Kier molecular flexibility index (Phi) is 5.48. The van der Waals surface area contributed by atoms with Gasteiger partial charge in [0.05, 0.1) is 5.41 Å². The maximum Gasteiger partial charge on any atom is 0.317 e. The van der Waals surface area contributed by atoms with E-state index in [1.807, 2.05) is 19.1 Å². The molecule has 2 nitrogen and oxygen atoms in total. The summed E-state index contributed by atoms with van der Waals surface area (Å²) in [4.78, 5) is 12.8. The predicted octanol–water partition coefficient (Wildman–Crippen LogP) is 5.62. The van der Waals surface area contributed by atoms with Gasteiger partial charge in [-0.15, -0.1) is 0 Å². The molecule has 22 heavy (non-hydrogen) atoms. The lowest BCUT2D eigenvalue weighted by Gasteiger charge is -2.36. The summed E-state index contributed by atoms with van der Waals surface area (Å²) in [7, 11) is 0. The lowest BCUT2D eigenvalue weighted by atomic mass is 9.69. The molecule has 1 atom stereocenters. The van der Waals surface area contributed by atoms with Gasteiger partial charge in [-0.25, -0.2) is 0 Å². The van der Waals surface area contributed by atoms with E-state index in [0.29, 0.717) is 5.75 Å². The Morgan fingerprint density at radius 3 is 1.86 bits per heavy atom. The summed E-state index contributed by atoms with van der Waals surface area (Å²) in [6.07, 6.45) is 0.806. The Morgan fingerprint density at radius 2 is 1.50 bits per heavy atom. The van der Waals surface area contributed by atoms with Gasteiger partial charge in [0.1, 0.15) is 5.75 Å². The SMILES string of the molecule is Cc1cc(OC(=O)C(C)(CC(C)(C)C)C(C)C)cc(C)c1C. The Hall–Kier alpha value is -1.31. The number of rotatable bonds is 4. The van der Waals surface area contributed by atoms with E-state index in [1.165, 1.54) is 5.56 Å². The highest BCUT2D eigenvalue weighted by Gasteiger charge is 2.41. The maximum atomic E-state index is 12.8. The average molecular weight is 304 g/mol. The van der Waals surface area contributed by atoms with E-state index in [1.54, 1.807) is 0 Å². The molecule has 1 aromatic carbocycles. The first kappa shape index (κ1) is 18.7. The second-order valence-corrected chi connectivity index (χ2v) is 8.38. The molecule has 2 heteroatoms.